The van der Waals surface area contributed by atoms with Gasteiger partial charge in [0.05, 0.1) is 6.42 Å². The summed E-state index contributed by atoms with van der Waals surface area (Å²) >= 11 is 0. The summed E-state index contributed by atoms with van der Waals surface area (Å²) in [5.74, 6) is -1.52. The van der Waals surface area contributed by atoms with Crippen molar-refractivity contribution in [3.63, 3.8) is 0 Å². The third-order valence-electron chi connectivity index (χ3n) is 2.76. The van der Waals surface area contributed by atoms with Gasteiger partial charge in [-0.15, -0.1) is 0 Å². The lowest BCUT2D eigenvalue weighted by atomic mass is 10.1. The van der Waals surface area contributed by atoms with E-state index in [-0.39, 0.29) is 30.6 Å². The van der Waals surface area contributed by atoms with E-state index in [4.69, 9.17) is 5.11 Å². The molecule has 1 N–H and O–H groups in total. The van der Waals surface area contributed by atoms with E-state index in [1.54, 1.807) is 17.0 Å². The number of carbonyl (C=O) groups excluding carboxylic acids is 1. The van der Waals surface area contributed by atoms with Crippen molar-refractivity contribution in [1.82, 2.24) is 4.90 Å². The van der Waals surface area contributed by atoms with E-state index in [1.165, 1.54) is 12.1 Å². The van der Waals surface area contributed by atoms with Gasteiger partial charge in [0.15, 0.2) is 0 Å². The van der Waals surface area contributed by atoms with Gasteiger partial charge in [0.25, 0.3) is 0 Å². The topological polar surface area (TPSA) is 57.6 Å². The lowest BCUT2D eigenvalue weighted by Crippen LogP contribution is -2.36. The highest BCUT2D eigenvalue weighted by atomic mass is 19.1. The van der Waals surface area contributed by atoms with Crippen LogP contribution in [0.5, 0.6) is 0 Å². The van der Waals surface area contributed by atoms with E-state index >= 15 is 0 Å². The second-order valence-corrected chi connectivity index (χ2v) is 4.64. The van der Waals surface area contributed by atoms with E-state index < -0.39 is 5.97 Å². The summed E-state index contributed by atoms with van der Waals surface area (Å²) in [5, 5.41) is 8.59. The zero-order valence-corrected chi connectivity index (χ0v) is 11.1. The van der Waals surface area contributed by atoms with Gasteiger partial charge in [-0.1, -0.05) is 12.1 Å². The molecule has 0 aliphatic carbocycles. The number of amides is 1. The van der Waals surface area contributed by atoms with Gasteiger partial charge in [0.1, 0.15) is 5.82 Å². The largest absolute Gasteiger partial charge is 0.481 e. The molecule has 0 unspecified atom stereocenters. The molecule has 0 aliphatic rings. The smallest absolute Gasteiger partial charge is 0.303 e. The van der Waals surface area contributed by atoms with Crippen molar-refractivity contribution in [3.8, 4) is 0 Å². The van der Waals surface area contributed by atoms with Gasteiger partial charge >= 0.3 is 5.97 Å². The highest BCUT2D eigenvalue weighted by Gasteiger charge is 2.18. The van der Waals surface area contributed by atoms with Gasteiger partial charge in [0.2, 0.25) is 5.91 Å². The molecule has 0 aromatic heterocycles. The fraction of sp³-hybridized carbons (Fsp3) is 0.429. The SMILES string of the molecule is CC(C)N(Cc1ccc(F)cc1)C(=O)CCC(=O)O. The van der Waals surface area contributed by atoms with Crippen LogP contribution in [0.25, 0.3) is 0 Å². The number of carboxylic acids is 1. The minimum Gasteiger partial charge on any atom is -0.481 e. The van der Waals surface area contributed by atoms with Crippen LogP contribution in [-0.2, 0) is 16.1 Å². The number of nitrogens with zero attached hydrogens (tertiary/aromatic N) is 1. The summed E-state index contributed by atoms with van der Waals surface area (Å²) in [6.07, 6.45) is -0.194. The fourth-order valence-corrected chi connectivity index (χ4v) is 1.70. The second kappa shape index (κ2) is 6.87. The number of aliphatic carboxylic acids is 1. The van der Waals surface area contributed by atoms with Gasteiger partial charge in [-0.3, -0.25) is 9.59 Å². The van der Waals surface area contributed by atoms with Crippen molar-refractivity contribution in [3.05, 3.63) is 35.6 Å². The first-order chi connectivity index (χ1) is 8.90. The molecule has 19 heavy (non-hydrogen) atoms. The minimum atomic E-state index is -0.987. The maximum absolute atomic E-state index is 12.8. The Kier molecular flexibility index (Phi) is 5.48. The zero-order chi connectivity index (χ0) is 14.4. The molecule has 104 valence electrons. The van der Waals surface area contributed by atoms with Crippen LogP contribution in [0.4, 0.5) is 4.39 Å². The van der Waals surface area contributed by atoms with Gasteiger partial charge in [0, 0.05) is 19.0 Å². The molecule has 5 heteroatoms. The number of hydrogen-bond acceptors (Lipinski definition) is 2. The van der Waals surface area contributed by atoms with Gasteiger partial charge in [-0.25, -0.2) is 4.39 Å². The van der Waals surface area contributed by atoms with E-state index in [1.807, 2.05) is 13.8 Å². The lowest BCUT2D eigenvalue weighted by Gasteiger charge is -2.26. The number of halogens is 1. The quantitative estimate of drug-likeness (QED) is 0.861. The summed E-state index contributed by atoms with van der Waals surface area (Å²) in [6, 6.07) is 5.89. The Balaban J connectivity index is 2.69. The Hall–Kier alpha value is -1.91. The normalized spacial score (nSPS) is 10.5. The fourth-order valence-electron chi connectivity index (χ4n) is 1.70. The number of carboxylic acid groups (broad SMARTS) is 1. The summed E-state index contributed by atoms with van der Waals surface area (Å²) in [5.41, 5.74) is 0.818. The first-order valence-electron chi connectivity index (χ1n) is 6.16. The average molecular weight is 267 g/mol. The molecule has 1 aromatic rings. The summed E-state index contributed by atoms with van der Waals surface area (Å²) in [4.78, 5) is 24.0. The van der Waals surface area contributed by atoms with E-state index in [0.717, 1.165) is 5.56 Å². The number of rotatable bonds is 6. The number of benzene rings is 1. The van der Waals surface area contributed by atoms with E-state index in [0.29, 0.717) is 6.54 Å². The van der Waals surface area contributed by atoms with Crippen molar-refractivity contribution < 1.29 is 19.1 Å². The third kappa shape index (κ3) is 5.07. The monoisotopic (exact) mass is 267 g/mol. The molecule has 1 amide bonds. The Bertz CT molecular complexity index is 443. The van der Waals surface area contributed by atoms with Crippen LogP contribution in [0, 0.1) is 5.82 Å². The van der Waals surface area contributed by atoms with Crippen LogP contribution < -0.4 is 0 Å². The first kappa shape index (κ1) is 15.1. The first-order valence-corrected chi connectivity index (χ1v) is 6.16. The summed E-state index contributed by atoms with van der Waals surface area (Å²) in [6.45, 7) is 4.08. The van der Waals surface area contributed by atoms with Crippen LogP contribution in [0.1, 0.15) is 32.3 Å². The van der Waals surface area contributed by atoms with Gasteiger partial charge < -0.3 is 10.0 Å². The number of hydrogen-bond donors (Lipinski definition) is 1. The maximum atomic E-state index is 12.8. The molecule has 0 aliphatic heterocycles. The molecule has 0 radical (unpaired) electrons. The Labute approximate surface area is 111 Å². The Morgan fingerprint density at radius 1 is 1.21 bits per heavy atom. The van der Waals surface area contributed by atoms with Crippen molar-refractivity contribution in [2.45, 2.75) is 39.3 Å². The summed E-state index contributed by atoms with van der Waals surface area (Å²) < 4.78 is 12.8. The van der Waals surface area contributed by atoms with Crippen molar-refractivity contribution in [1.29, 1.82) is 0 Å². The predicted molar refractivity (Wildman–Crippen MR) is 69.0 cm³/mol. The lowest BCUT2D eigenvalue weighted by molar-refractivity contribution is -0.141. The molecule has 0 heterocycles. The van der Waals surface area contributed by atoms with Gasteiger partial charge in [-0.2, -0.15) is 0 Å². The number of carbonyl (C=O) groups is 2. The van der Waals surface area contributed by atoms with Crippen LogP contribution in [0.3, 0.4) is 0 Å². The highest BCUT2D eigenvalue weighted by molar-refractivity contribution is 5.80. The van der Waals surface area contributed by atoms with Gasteiger partial charge in [-0.05, 0) is 31.5 Å². The predicted octanol–water partition coefficient (Wildman–Crippen LogP) is 2.43. The van der Waals surface area contributed by atoms with Crippen LogP contribution in [-0.4, -0.2) is 27.9 Å². The molecule has 0 saturated heterocycles. The van der Waals surface area contributed by atoms with E-state index in [9.17, 15) is 14.0 Å². The molecular weight excluding hydrogens is 249 g/mol. The van der Waals surface area contributed by atoms with Crippen LogP contribution in [0.15, 0.2) is 24.3 Å². The van der Waals surface area contributed by atoms with Crippen LogP contribution >= 0.6 is 0 Å². The minimum absolute atomic E-state index is 0.0191. The van der Waals surface area contributed by atoms with Crippen LogP contribution in [0.2, 0.25) is 0 Å². The summed E-state index contributed by atoms with van der Waals surface area (Å²) in [7, 11) is 0. The van der Waals surface area contributed by atoms with E-state index in [2.05, 4.69) is 0 Å². The van der Waals surface area contributed by atoms with Crippen molar-refractivity contribution >= 4 is 11.9 Å². The Morgan fingerprint density at radius 3 is 2.26 bits per heavy atom. The molecule has 1 aromatic carbocycles. The highest BCUT2D eigenvalue weighted by Crippen LogP contribution is 2.11. The third-order valence-corrected chi connectivity index (χ3v) is 2.76. The molecule has 0 atom stereocenters. The molecule has 4 nitrogen and oxygen atoms in total. The van der Waals surface area contributed by atoms with Crippen molar-refractivity contribution in [2.75, 3.05) is 0 Å². The maximum Gasteiger partial charge on any atom is 0.303 e. The van der Waals surface area contributed by atoms with Crippen molar-refractivity contribution in [2.24, 2.45) is 0 Å². The molecule has 0 fully saturated rings. The molecular formula is C14H18FNO3. The zero-order valence-electron chi connectivity index (χ0n) is 11.1. The molecule has 0 bridgehead atoms. The molecule has 0 saturated carbocycles. The average Bonchev–Trinajstić information content (AvgIpc) is 2.34. The molecule has 0 spiro atoms. The molecule has 1 rings (SSSR count). The second-order valence-electron chi connectivity index (χ2n) is 4.64. The Morgan fingerprint density at radius 2 is 1.79 bits per heavy atom. The standard InChI is InChI=1S/C14H18FNO3/c1-10(2)16(13(17)7-8-14(18)19)9-11-3-5-12(15)6-4-11/h3-6,10H,7-9H2,1-2H3,(H,18,19).